The number of hydrogen-bond donors (Lipinski definition) is 2. The van der Waals surface area contributed by atoms with Gasteiger partial charge in [0, 0.05) is 38.1 Å². The van der Waals surface area contributed by atoms with Gasteiger partial charge in [0.1, 0.15) is 0 Å². The Balaban J connectivity index is 1.90. The minimum Gasteiger partial charge on any atom is -0.370 e. The number of guanidine groups is 1. The highest BCUT2D eigenvalue weighted by atomic mass is 15.2. The number of pyridine rings is 1. The molecule has 0 fully saturated rings. The zero-order valence-electron chi connectivity index (χ0n) is 15.5. The van der Waals surface area contributed by atoms with Crippen LogP contribution in [0.15, 0.2) is 53.7 Å². The molecular formula is C20H29N5. The molecule has 5 nitrogen and oxygen atoms in total. The van der Waals surface area contributed by atoms with E-state index < -0.39 is 0 Å². The standard InChI is InChI=1S/C20H29N5/c1-4-21-20(24-16-18-11-8-9-13-22-18)23-14-15-25(5-2)19-12-7-6-10-17(19)3/h6-13H,4-5,14-16H2,1-3H3,(H2,21,23,24). The summed E-state index contributed by atoms with van der Waals surface area (Å²) in [6.07, 6.45) is 1.80. The lowest BCUT2D eigenvalue weighted by molar-refractivity contribution is 0.749. The first kappa shape index (κ1) is 18.8. The summed E-state index contributed by atoms with van der Waals surface area (Å²) in [6.45, 7) is 10.6. The second-order valence-electron chi connectivity index (χ2n) is 5.81. The Kier molecular flexibility index (Phi) is 7.76. The largest absolute Gasteiger partial charge is 0.370 e. The van der Waals surface area contributed by atoms with E-state index in [1.54, 1.807) is 6.20 Å². The number of benzene rings is 1. The quantitative estimate of drug-likeness (QED) is 0.573. The molecule has 0 atom stereocenters. The Morgan fingerprint density at radius 3 is 2.56 bits per heavy atom. The molecule has 0 aliphatic carbocycles. The fraction of sp³-hybridized carbons (Fsp3) is 0.400. The van der Waals surface area contributed by atoms with Crippen molar-refractivity contribution in [1.82, 2.24) is 15.6 Å². The molecule has 1 aromatic heterocycles. The fourth-order valence-electron chi connectivity index (χ4n) is 2.67. The summed E-state index contributed by atoms with van der Waals surface area (Å²) >= 11 is 0. The third-order valence-electron chi connectivity index (χ3n) is 3.98. The summed E-state index contributed by atoms with van der Waals surface area (Å²) in [6, 6.07) is 14.4. The molecule has 2 rings (SSSR count). The van der Waals surface area contributed by atoms with Gasteiger partial charge in [0.05, 0.1) is 12.2 Å². The van der Waals surface area contributed by atoms with Crippen LogP contribution in [-0.4, -0.2) is 37.1 Å². The fourth-order valence-corrected chi connectivity index (χ4v) is 2.67. The molecule has 0 bridgehead atoms. The van der Waals surface area contributed by atoms with Crippen LogP contribution in [0.3, 0.4) is 0 Å². The Labute approximate surface area is 151 Å². The number of aliphatic imine (C=N–C) groups is 1. The Bertz CT molecular complexity index is 654. The summed E-state index contributed by atoms with van der Waals surface area (Å²) in [5, 5.41) is 6.70. The molecule has 0 saturated heterocycles. The van der Waals surface area contributed by atoms with Crippen LogP contribution in [0, 0.1) is 6.92 Å². The molecular weight excluding hydrogens is 310 g/mol. The van der Waals surface area contributed by atoms with E-state index in [2.05, 4.69) is 70.5 Å². The molecule has 0 radical (unpaired) electrons. The molecule has 134 valence electrons. The number of nitrogens with one attached hydrogen (secondary N) is 2. The molecule has 2 N–H and O–H groups in total. The smallest absolute Gasteiger partial charge is 0.191 e. The van der Waals surface area contributed by atoms with Gasteiger partial charge in [-0.15, -0.1) is 0 Å². The number of hydrogen-bond acceptors (Lipinski definition) is 3. The predicted molar refractivity (Wildman–Crippen MR) is 106 cm³/mol. The van der Waals surface area contributed by atoms with E-state index in [1.807, 2.05) is 18.2 Å². The lowest BCUT2D eigenvalue weighted by Gasteiger charge is -2.25. The summed E-state index contributed by atoms with van der Waals surface area (Å²) in [4.78, 5) is 11.3. The highest BCUT2D eigenvalue weighted by Gasteiger charge is 2.07. The third-order valence-corrected chi connectivity index (χ3v) is 3.98. The van der Waals surface area contributed by atoms with Crippen molar-refractivity contribution < 1.29 is 0 Å². The Hall–Kier alpha value is -2.56. The maximum Gasteiger partial charge on any atom is 0.191 e. The molecule has 0 aliphatic heterocycles. The first-order chi connectivity index (χ1) is 12.2. The van der Waals surface area contributed by atoms with E-state index in [9.17, 15) is 0 Å². The monoisotopic (exact) mass is 339 g/mol. The number of aromatic nitrogens is 1. The average Bonchev–Trinajstić information content (AvgIpc) is 2.65. The summed E-state index contributed by atoms with van der Waals surface area (Å²) in [7, 11) is 0. The first-order valence-corrected chi connectivity index (χ1v) is 8.97. The van der Waals surface area contributed by atoms with Crippen molar-refractivity contribution >= 4 is 11.6 Å². The van der Waals surface area contributed by atoms with E-state index in [4.69, 9.17) is 0 Å². The van der Waals surface area contributed by atoms with E-state index in [0.29, 0.717) is 6.54 Å². The molecule has 2 aromatic rings. The van der Waals surface area contributed by atoms with Gasteiger partial charge >= 0.3 is 0 Å². The van der Waals surface area contributed by atoms with Crippen molar-refractivity contribution in [2.24, 2.45) is 4.99 Å². The van der Waals surface area contributed by atoms with Crippen LogP contribution in [0.25, 0.3) is 0 Å². The van der Waals surface area contributed by atoms with Crippen LogP contribution in [0.2, 0.25) is 0 Å². The molecule has 1 heterocycles. The van der Waals surface area contributed by atoms with E-state index >= 15 is 0 Å². The highest BCUT2D eigenvalue weighted by Crippen LogP contribution is 2.18. The van der Waals surface area contributed by atoms with Gasteiger partial charge in [-0.2, -0.15) is 0 Å². The molecule has 0 unspecified atom stereocenters. The van der Waals surface area contributed by atoms with Crippen molar-refractivity contribution in [2.45, 2.75) is 27.3 Å². The van der Waals surface area contributed by atoms with Crippen LogP contribution in [0.5, 0.6) is 0 Å². The SMILES string of the molecule is CCNC(=NCc1ccccn1)NCCN(CC)c1ccccc1C. The number of aryl methyl sites for hydroxylation is 1. The molecule has 0 amide bonds. The minimum atomic E-state index is 0.575. The number of nitrogens with zero attached hydrogens (tertiary/aromatic N) is 3. The third kappa shape index (κ3) is 6.10. The maximum atomic E-state index is 4.61. The van der Waals surface area contributed by atoms with E-state index in [0.717, 1.165) is 37.8 Å². The molecule has 0 saturated carbocycles. The lowest BCUT2D eigenvalue weighted by Crippen LogP contribution is -2.41. The van der Waals surface area contributed by atoms with Gasteiger partial charge in [-0.1, -0.05) is 24.3 Å². The minimum absolute atomic E-state index is 0.575. The molecule has 0 spiro atoms. The van der Waals surface area contributed by atoms with Crippen molar-refractivity contribution in [3.8, 4) is 0 Å². The van der Waals surface area contributed by atoms with Gasteiger partial charge in [0.2, 0.25) is 0 Å². The number of rotatable bonds is 8. The average molecular weight is 339 g/mol. The van der Waals surface area contributed by atoms with Gasteiger partial charge in [0.25, 0.3) is 0 Å². The van der Waals surface area contributed by atoms with E-state index in [1.165, 1.54) is 11.3 Å². The van der Waals surface area contributed by atoms with E-state index in [-0.39, 0.29) is 0 Å². The molecule has 25 heavy (non-hydrogen) atoms. The predicted octanol–water partition coefficient (Wildman–Crippen LogP) is 2.97. The van der Waals surface area contributed by atoms with Gasteiger partial charge in [-0.3, -0.25) is 4.98 Å². The van der Waals surface area contributed by atoms with Crippen LogP contribution in [0.1, 0.15) is 25.1 Å². The van der Waals surface area contributed by atoms with Crippen LogP contribution in [-0.2, 0) is 6.54 Å². The van der Waals surface area contributed by atoms with Gasteiger partial charge in [-0.05, 0) is 44.5 Å². The van der Waals surface area contributed by atoms with Crippen molar-refractivity contribution in [3.05, 3.63) is 59.9 Å². The van der Waals surface area contributed by atoms with Crippen LogP contribution in [0.4, 0.5) is 5.69 Å². The van der Waals surface area contributed by atoms with Crippen molar-refractivity contribution in [2.75, 3.05) is 31.1 Å². The van der Waals surface area contributed by atoms with Gasteiger partial charge in [0.15, 0.2) is 5.96 Å². The normalized spacial score (nSPS) is 11.2. The highest BCUT2D eigenvalue weighted by molar-refractivity contribution is 5.79. The zero-order valence-corrected chi connectivity index (χ0v) is 15.5. The number of anilines is 1. The second-order valence-corrected chi connectivity index (χ2v) is 5.81. The summed E-state index contributed by atoms with van der Waals surface area (Å²) in [5.74, 6) is 0.828. The van der Waals surface area contributed by atoms with Crippen molar-refractivity contribution in [3.63, 3.8) is 0 Å². The Morgan fingerprint density at radius 1 is 1.08 bits per heavy atom. The maximum absolute atomic E-state index is 4.61. The molecule has 0 aliphatic rings. The Morgan fingerprint density at radius 2 is 1.88 bits per heavy atom. The summed E-state index contributed by atoms with van der Waals surface area (Å²) in [5.41, 5.74) is 3.57. The molecule has 1 aromatic carbocycles. The van der Waals surface area contributed by atoms with Gasteiger partial charge in [-0.25, -0.2) is 4.99 Å². The zero-order chi connectivity index (χ0) is 17.9. The second kappa shape index (κ2) is 10.3. The number of para-hydroxylation sites is 1. The first-order valence-electron chi connectivity index (χ1n) is 8.97. The van der Waals surface area contributed by atoms with Gasteiger partial charge < -0.3 is 15.5 Å². The molecule has 5 heteroatoms. The van der Waals surface area contributed by atoms with Crippen LogP contribution < -0.4 is 15.5 Å². The topological polar surface area (TPSA) is 52.6 Å². The lowest BCUT2D eigenvalue weighted by atomic mass is 10.2. The van der Waals surface area contributed by atoms with Crippen molar-refractivity contribution in [1.29, 1.82) is 0 Å². The summed E-state index contributed by atoms with van der Waals surface area (Å²) < 4.78 is 0. The number of likely N-dealkylation sites (N-methyl/N-ethyl adjacent to an activating group) is 1. The van der Waals surface area contributed by atoms with Crippen LogP contribution >= 0.6 is 0 Å².